The molecule has 15 heavy (non-hydrogen) atoms. The zero-order valence-electron chi connectivity index (χ0n) is 7.99. The number of carbonyl (C=O) groups excluding carboxylic acids is 1. The Morgan fingerprint density at radius 2 is 2.33 bits per heavy atom. The Labute approximate surface area is 100 Å². The molecule has 2 rings (SSSR count). The van der Waals surface area contributed by atoms with Gasteiger partial charge in [-0.25, -0.2) is 4.79 Å². The van der Waals surface area contributed by atoms with Crippen LogP contribution in [0.4, 0.5) is 0 Å². The monoisotopic (exact) mass is 320 g/mol. The van der Waals surface area contributed by atoms with Gasteiger partial charge in [0.15, 0.2) is 11.5 Å². The fourth-order valence-corrected chi connectivity index (χ4v) is 1.55. The van der Waals surface area contributed by atoms with E-state index in [9.17, 15) is 9.90 Å². The summed E-state index contributed by atoms with van der Waals surface area (Å²) in [6.45, 7) is 1.98. The average Bonchev–Trinajstić information content (AvgIpc) is 2.40. The van der Waals surface area contributed by atoms with E-state index < -0.39 is 5.97 Å². The zero-order chi connectivity index (χ0) is 11.0. The second-order valence-electron chi connectivity index (χ2n) is 3.11. The van der Waals surface area contributed by atoms with Crippen LogP contribution in [0.2, 0.25) is 0 Å². The quantitative estimate of drug-likeness (QED) is 0.528. The van der Waals surface area contributed by atoms with Crippen molar-refractivity contribution >= 4 is 28.6 Å². The van der Waals surface area contributed by atoms with E-state index in [1.54, 1.807) is 6.07 Å². The Kier molecular flexibility index (Phi) is 2.72. The van der Waals surface area contributed by atoms with E-state index in [2.05, 4.69) is 22.6 Å². The standard InChI is InChI=1S/C10H9IO4/c1-2-7(11)14-6-4-3-5-8(12)9(6)15-10(5)13/h3-4,7,12H,2H2,1H3. The maximum Gasteiger partial charge on any atom is 0.347 e. The summed E-state index contributed by atoms with van der Waals surface area (Å²) in [6.07, 6.45) is 0.830. The molecule has 0 fully saturated rings. The van der Waals surface area contributed by atoms with Gasteiger partial charge in [-0.05, 0) is 41.1 Å². The number of ether oxygens (including phenoxy) is 2. The summed E-state index contributed by atoms with van der Waals surface area (Å²) < 4.78 is 10.4. The van der Waals surface area contributed by atoms with Crippen LogP contribution < -0.4 is 9.47 Å². The smallest absolute Gasteiger partial charge is 0.347 e. The first-order valence-corrected chi connectivity index (χ1v) is 5.77. The Morgan fingerprint density at radius 3 is 3.00 bits per heavy atom. The van der Waals surface area contributed by atoms with Crippen LogP contribution in [0.15, 0.2) is 12.1 Å². The normalized spacial score (nSPS) is 14.9. The number of carbonyl (C=O) groups is 1. The fourth-order valence-electron chi connectivity index (χ4n) is 1.28. The number of phenolic OH excluding ortho intramolecular Hbond substituents is 1. The summed E-state index contributed by atoms with van der Waals surface area (Å²) in [4.78, 5) is 11.2. The summed E-state index contributed by atoms with van der Waals surface area (Å²) in [6, 6.07) is 3.14. The molecule has 1 heterocycles. The predicted octanol–water partition coefficient (Wildman–Crippen LogP) is 2.47. The summed E-state index contributed by atoms with van der Waals surface area (Å²) >= 11 is 2.13. The highest BCUT2D eigenvalue weighted by Gasteiger charge is 2.30. The molecule has 1 atom stereocenters. The molecule has 4 nitrogen and oxygen atoms in total. The van der Waals surface area contributed by atoms with Crippen molar-refractivity contribution in [2.45, 2.75) is 17.5 Å². The molecule has 80 valence electrons. The third-order valence-corrected chi connectivity index (χ3v) is 3.22. The van der Waals surface area contributed by atoms with Crippen molar-refractivity contribution in [2.24, 2.45) is 0 Å². The number of esters is 1. The van der Waals surface area contributed by atoms with Gasteiger partial charge in [-0.2, -0.15) is 0 Å². The van der Waals surface area contributed by atoms with Gasteiger partial charge in [0, 0.05) is 0 Å². The Bertz CT molecular complexity index is 416. The highest BCUT2D eigenvalue weighted by molar-refractivity contribution is 14.1. The van der Waals surface area contributed by atoms with Crippen LogP contribution in [0.3, 0.4) is 0 Å². The topological polar surface area (TPSA) is 55.8 Å². The van der Waals surface area contributed by atoms with Crippen LogP contribution in [0.1, 0.15) is 23.7 Å². The van der Waals surface area contributed by atoms with Crippen LogP contribution in [0, 0.1) is 0 Å². The minimum atomic E-state index is -0.529. The molecule has 0 aliphatic carbocycles. The lowest BCUT2D eigenvalue weighted by Gasteiger charge is -2.11. The van der Waals surface area contributed by atoms with Crippen molar-refractivity contribution in [3.8, 4) is 17.2 Å². The minimum Gasteiger partial charge on any atom is -0.504 e. The van der Waals surface area contributed by atoms with Gasteiger partial charge in [-0.3, -0.25) is 0 Å². The predicted molar refractivity (Wildman–Crippen MR) is 61.8 cm³/mol. The molecule has 1 aliphatic rings. The largest absolute Gasteiger partial charge is 0.504 e. The second-order valence-corrected chi connectivity index (χ2v) is 4.50. The lowest BCUT2D eigenvalue weighted by atomic mass is 10.2. The van der Waals surface area contributed by atoms with Crippen LogP contribution in [-0.2, 0) is 0 Å². The van der Waals surface area contributed by atoms with Crippen LogP contribution >= 0.6 is 22.6 Å². The van der Waals surface area contributed by atoms with E-state index in [-0.39, 0.29) is 21.2 Å². The van der Waals surface area contributed by atoms with Crippen molar-refractivity contribution in [3.05, 3.63) is 17.7 Å². The first-order chi connectivity index (χ1) is 7.13. The number of alkyl halides is 1. The van der Waals surface area contributed by atoms with E-state index in [0.29, 0.717) is 5.75 Å². The summed E-state index contributed by atoms with van der Waals surface area (Å²) in [5, 5.41) is 9.58. The first kappa shape index (κ1) is 10.5. The number of hydrogen-bond acceptors (Lipinski definition) is 4. The molecule has 1 N–H and O–H groups in total. The Hall–Kier alpha value is -0.980. The van der Waals surface area contributed by atoms with E-state index >= 15 is 0 Å². The number of hydrogen-bond donors (Lipinski definition) is 1. The molecule has 0 spiro atoms. The second kappa shape index (κ2) is 3.88. The van der Waals surface area contributed by atoms with E-state index in [1.165, 1.54) is 6.07 Å². The van der Waals surface area contributed by atoms with Gasteiger partial charge in [0.25, 0.3) is 0 Å². The number of aromatic hydroxyl groups is 1. The number of benzene rings is 1. The summed E-state index contributed by atoms with van der Waals surface area (Å²) in [5.41, 5.74) is 0.193. The Balaban J connectivity index is 2.33. The first-order valence-electron chi connectivity index (χ1n) is 4.52. The highest BCUT2D eigenvalue weighted by Crippen LogP contribution is 2.45. The number of halogens is 1. The van der Waals surface area contributed by atoms with Crippen LogP contribution in [0.5, 0.6) is 17.2 Å². The van der Waals surface area contributed by atoms with E-state index in [1.807, 2.05) is 6.92 Å². The van der Waals surface area contributed by atoms with Crippen molar-refractivity contribution in [1.82, 2.24) is 0 Å². The van der Waals surface area contributed by atoms with Gasteiger partial charge in [0.1, 0.15) is 9.67 Å². The summed E-state index contributed by atoms with van der Waals surface area (Å²) in [5.74, 6) is -0.118. The SMILES string of the molecule is CCC(I)Oc1ccc2c(O)c1OC2=O. The van der Waals surface area contributed by atoms with Gasteiger partial charge in [0.2, 0.25) is 5.75 Å². The minimum absolute atomic E-state index is 0.0107. The van der Waals surface area contributed by atoms with Crippen molar-refractivity contribution in [2.75, 3.05) is 0 Å². The molecule has 0 amide bonds. The lowest BCUT2D eigenvalue weighted by molar-refractivity contribution is 0.0750. The molecular formula is C10H9IO4. The average molecular weight is 320 g/mol. The molecule has 0 radical (unpaired) electrons. The van der Waals surface area contributed by atoms with Gasteiger partial charge >= 0.3 is 5.97 Å². The molecule has 0 saturated heterocycles. The fraction of sp³-hybridized carbons (Fsp3) is 0.300. The Morgan fingerprint density at radius 1 is 1.60 bits per heavy atom. The van der Waals surface area contributed by atoms with Crippen molar-refractivity contribution in [1.29, 1.82) is 0 Å². The molecule has 2 bridgehead atoms. The van der Waals surface area contributed by atoms with E-state index in [4.69, 9.17) is 9.47 Å². The molecule has 0 aromatic heterocycles. The third-order valence-electron chi connectivity index (χ3n) is 2.09. The molecule has 5 heteroatoms. The molecule has 1 aromatic rings. The molecular weight excluding hydrogens is 311 g/mol. The third kappa shape index (κ3) is 1.75. The van der Waals surface area contributed by atoms with Gasteiger partial charge in [-0.1, -0.05) is 6.92 Å². The highest BCUT2D eigenvalue weighted by atomic mass is 127. The van der Waals surface area contributed by atoms with Crippen LogP contribution in [0.25, 0.3) is 0 Å². The van der Waals surface area contributed by atoms with Crippen LogP contribution in [-0.4, -0.2) is 15.2 Å². The number of phenols is 1. The lowest BCUT2D eigenvalue weighted by Crippen LogP contribution is -2.06. The maximum atomic E-state index is 11.2. The molecule has 1 aromatic carbocycles. The molecule has 1 aliphatic heterocycles. The summed E-state index contributed by atoms with van der Waals surface area (Å²) in [7, 11) is 0. The number of rotatable bonds is 3. The van der Waals surface area contributed by atoms with Crippen molar-refractivity contribution in [3.63, 3.8) is 0 Å². The molecule has 0 saturated carbocycles. The van der Waals surface area contributed by atoms with Gasteiger partial charge in [-0.15, -0.1) is 0 Å². The number of fused-ring (bicyclic) bond motifs is 2. The van der Waals surface area contributed by atoms with Crippen molar-refractivity contribution < 1.29 is 19.4 Å². The maximum absolute atomic E-state index is 11.2. The van der Waals surface area contributed by atoms with E-state index in [0.717, 1.165) is 6.42 Å². The van der Waals surface area contributed by atoms with Gasteiger partial charge < -0.3 is 14.6 Å². The van der Waals surface area contributed by atoms with Gasteiger partial charge in [0.05, 0.1) is 0 Å². The zero-order valence-corrected chi connectivity index (χ0v) is 10.1. The molecule has 1 unspecified atom stereocenters.